The van der Waals surface area contributed by atoms with Gasteiger partial charge in [0.05, 0.1) is 11.2 Å². The van der Waals surface area contributed by atoms with Crippen LogP contribution in [0.25, 0.3) is 0 Å². The number of nitrogens with zero attached hydrogens (tertiary/aromatic N) is 2. The highest BCUT2D eigenvalue weighted by Gasteiger charge is 2.40. The summed E-state index contributed by atoms with van der Waals surface area (Å²) in [4.78, 5) is 11.3. The fraction of sp³-hybridized carbons (Fsp3) is 0.474. The van der Waals surface area contributed by atoms with E-state index in [1.54, 1.807) is 6.07 Å². The quantitative estimate of drug-likeness (QED) is 0.849. The van der Waals surface area contributed by atoms with Gasteiger partial charge < -0.3 is 5.32 Å². The van der Waals surface area contributed by atoms with Crippen LogP contribution in [-0.4, -0.2) is 21.9 Å². The minimum Gasteiger partial charge on any atom is -0.303 e. The summed E-state index contributed by atoms with van der Waals surface area (Å²) in [6.45, 7) is 5.50. The number of halogens is 3. The first kappa shape index (κ1) is 18.5. The lowest BCUT2D eigenvalue weighted by atomic mass is 9.70. The summed E-state index contributed by atoms with van der Waals surface area (Å²) in [7, 11) is 0. The van der Waals surface area contributed by atoms with Gasteiger partial charge in [-0.05, 0) is 45.1 Å². The maximum absolute atomic E-state index is 12.6. The molecule has 0 saturated heterocycles. The molecule has 1 aromatic carbocycles. The maximum Gasteiger partial charge on any atom is 0.471 e. The van der Waals surface area contributed by atoms with Gasteiger partial charge in [-0.15, -0.1) is 0 Å². The number of aromatic nitrogens is 2. The molecule has 140 valence electrons. The van der Waals surface area contributed by atoms with Crippen molar-refractivity contribution in [3.8, 4) is 0 Å². The summed E-state index contributed by atoms with van der Waals surface area (Å²) < 4.78 is 39.3. The summed E-state index contributed by atoms with van der Waals surface area (Å²) in [5.41, 5.74) is 1.45. The van der Waals surface area contributed by atoms with Gasteiger partial charge in [0.25, 0.3) is 0 Å². The normalized spacial score (nSPS) is 20.5. The Morgan fingerprint density at radius 3 is 2.27 bits per heavy atom. The smallest absolute Gasteiger partial charge is 0.303 e. The van der Waals surface area contributed by atoms with Crippen LogP contribution in [0.3, 0.4) is 0 Å². The summed E-state index contributed by atoms with van der Waals surface area (Å²) in [5, 5.41) is 6.46. The molecule has 4 nitrogen and oxygen atoms in total. The Balaban J connectivity index is 1.78. The first-order chi connectivity index (χ1) is 12.1. The van der Waals surface area contributed by atoms with Gasteiger partial charge in [0.2, 0.25) is 0 Å². The van der Waals surface area contributed by atoms with Gasteiger partial charge in [-0.3, -0.25) is 4.79 Å². The van der Waals surface area contributed by atoms with E-state index in [0.717, 1.165) is 18.5 Å². The second-order valence-electron chi connectivity index (χ2n) is 7.76. The molecule has 26 heavy (non-hydrogen) atoms. The SMILES string of the molecule is CC(C)(C)n1nc(C2CC(c3ccccc3)C2)cc1NC(=O)C(F)(F)F. The number of carbonyl (C=O) groups is 1. The summed E-state index contributed by atoms with van der Waals surface area (Å²) in [6, 6.07) is 11.7. The van der Waals surface area contributed by atoms with Crippen LogP contribution in [-0.2, 0) is 10.3 Å². The topological polar surface area (TPSA) is 46.9 Å². The van der Waals surface area contributed by atoms with Crippen molar-refractivity contribution in [2.75, 3.05) is 5.32 Å². The Morgan fingerprint density at radius 2 is 1.73 bits per heavy atom. The number of benzene rings is 1. The van der Waals surface area contributed by atoms with Gasteiger partial charge in [0, 0.05) is 12.0 Å². The van der Waals surface area contributed by atoms with Crippen molar-refractivity contribution >= 4 is 11.7 Å². The molecule has 1 aromatic heterocycles. The Kier molecular flexibility index (Phi) is 4.58. The average Bonchev–Trinajstić information content (AvgIpc) is 2.89. The molecule has 0 aliphatic heterocycles. The van der Waals surface area contributed by atoms with Crippen molar-refractivity contribution in [3.63, 3.8) is 0 Å². The Bertz CT molecular complexity index is 785. The number of alkyl halides is 3. The number of hydrogen-bond acceptors (Lipinski definition) is 2. The van der Waals surface area contributed by atoms with Crippen LogP contribution in [0.2, 0.25) is 0 Å². The molecule has 0 radical (unpaired) electrons. The lowest BCUT2D eigenvalue weighted by molar-refractivity contribution is -0.167. The number of hydrogen-bond donors (Lipinski definition) is 1. The maximum atomic E-state index is 12.6. The fourth-order valence-corrected chi connectivity index (χ4v) is 3.24. The summed E-state index contributed by atoms with van der Waals surface area (Å²) >= 11 is 0. The lowest BCUT2D eigenvalue weighted by Crippen LogP contribution is -2.33. The molecule has 0 bridgehead atoms. The van der Waals surface area contributed by atoms with Crippen LogP contribution >= 0.6 is 0 Å². The molecule has 2 aromatic rings. The van der Waals surface area contributed by atoms with E-state index >= 15 is 0 Å². The lowest BCUT2D eigenvalue weighted by Gasteiger charge is -2.34. The van der Waals surface area contributed by atoms with E-state index in [1.165, 1.54) is 10.2 Å². The second kappa shape index (κ2) is 6.45. The Hall–Kier alpha value is -2.31. The molecule has 1 aliphatic carbocycles. The molecule has 1 amide bonds. The van der Waals surface area contributed by atoms with E-state index in [9.17, 15) is 18.0 Å². The number of carbonyl (C=O) groups excluding carboxylic acids is 1. The second-order valence-corrected chi connectivity index (χ2v) is 7.76. The molecule has 1 saturated carbocycles. The highest BCUT2D eigenvalue weighted by molar-refractivity contribution is 5.94. The monoisotopic (exact) mass is 365 g/mol. The van der Waals surface area contributed by atoms with Crippen LogP contribution < -0.4 is 5.32 Å². The first-order valence-corrected chi connectivity index (χ1v) is 8.59. The van der Waals surface area contributed by atoms with E-state index in [2.05, 4.69) is 17.2 Å². The third kappa shape index (κ3) is 3.76. The van der Waals surface area contributed by atoms with Crippen molar-refractivity contribution < 1.29 is 18.0 Å². The summed E-state index contributed by atoms with van der Waals surface area (Å²) in [6.07, 6.45) is -3.13. The van der Waals surface area contributed by atoms with Gasteiger partial charge in [-0.2, -0.15) is 18.3 Å². The zero-order valence-corrected chi connectivity index (χ0v) is 15.0. The zero-order valence-electron chi connectivity index (χ0n) is 15.0. The highest BCUT2D eigenvalue weighted by atomic mass is 19.4. The number of nitrogens with one attached hydrogen (secondary N) is 1. The van der Waals surface area contributed by atoms with Crippen molar-refractivity contribution in [2.45, 2.75) is 57.2 Å². The molecule has 1 aliphatic rings. The molecular weight excluding hydrogens is 343 g/mol. The number of amides is 1. The van der Waals surface area contributed by atoms with Gasteiger partial charge in [-0.1, -0.05) is 30.3 Å². The molecule has 0 spiro atoms. The van der Waals surface area contributed by atoms with Gasteiger partial charge in [0.15, 0.2) is 0 Å². The van der Waals surface area contributed by atoms with E-state index < -0.39 is 17.6 Å². The molecular formula is C19H22F3N3O. The van der Waals surface area contributed by atoms with E-state index in [4.69, 9.17) is 0 Å². The molecule has 1 fully saturated rings. The highest BCUT2D eigenvalue weighted by Crippen LogP contribution is 2.47. The van der Waals surface area contributed by atoms with Crippen LogP contribution in [0, 0.1) is 0 Å². The molecule has 0 unspecified atom stereocenters. The van der Waals surface area contributed by atoms with Gasteiger partial charge in [-0.25, -0.2) is 4.68 Å². The predicted octanol–water partition coefficient (Wildman–Crippen LogP) is 4.80. The third-order valence-electron chi connectivity index (χ3n) is 4.69. The first-order valence-electron chi connectivity index (χ1n) is 8.59. The van der Waals surface area contributed by atoms with E-state index in [0.29, 0.717) is 5.92 Å². The molecule has 1 N–H and O–H groups in total. The molecule has 7 heteroatoms. The standard InChI is InChI=1S/C19H22F3N3O/c1-18(2,3)25-16(23-17(26)19(20,21)22)11-15(24-25)14-9-13(10-14)12-7-5-4-6-8-12/h4-8,11,13-14H,9-10H2,1-3H3,(H,23,26). The minimum atomic E-state index is -4.93. The number of anilines is 1. The van der Waals surface area contributed by atoms with Crippen molar-refractivity contribution in [1.82, 2.24) is 9.78 Å². The van der Waals surface area contributed by atoms with E-state index in [-0.39, 0.29) is 11.7 Å². The van der Waals surface area contributed by atoms with E-state index in [1.807, 2.05) is 44.3 Å². The third-order valence-corrected chi connectivity index (χ3v) is 4.69. The Morgan fingerprint density at radius 1 is 1.12 bits per heavy atom. The van der Waals surface area contributed by atoms with Crippen molar-refractivity contribution in [3.05, 3.63) is 47.7 Å². The fourth-order valence-electron chi connectivity index (χ4n) is 3.24. The molecule has 3 rings (SSSR count). The summed E-state index contributed by atoms with van der Waals surface area (Å²) in [5.74, 6) is -1.28. The van der Waals surface area contributed by atoms with Crippen molar-refractivity contribution in [1.29, 1.82) is 0 Å². The average molecular weight is 365 g/mol. The predicted molar refractivity (Wildman–Crippen MR) is 93.1 cm³/mol. The number of rotatable bonds is 3. The Labute approximate surface area is 150 Å². The van der Waals surface area contributed by atoms with Gasteiger partial charge >= 0.3 is 12.1 Å². The van der Waals surface area contributed by atoms with Crippen molar-refractivity contribution in [2.24, 2.45) is 0 Å². The minimum absolute atomic E-state index is 0.0815. The van der Waals surface area contributed by atoms with Crippen LogP contribution in [0.15, 0.2) is 36.4 Å². The van der Waals surface area contributed by atoms with Crippen LogP contribution in [0.4, 0.5) is 19.0 Å². The molecule has 1 heterocycles. The molecule has 0 atom stereocenters. The largest absolute Gasteiger partial charge is 0.471 e. The zero-order chi connectivity index (χ0) is 19.1. The van der Waals surface area contributed by atoms with Gasteiger partial charge in [0.1, 0.15) is 5.82 Å². The van der Waals surface area contributed by atoms with Crippen LogP contribution in [0.5, 0.6) is 0 Å². The van der Waals surface area contributed by atoms with Crippen LogP contribution in [0.1, 0.15) is 56.7 Å².